The molecular formula is C60H87NO4. The SMILES string of the molecule is CCCCC/C=C\CCCCCCC/C=C\C(=O)OCCCc1ccc(N(c2ccc(CCCOC(=O)/C=C\CCCCCCC/C=C\CCCCC)cc2)c2ccc(C)c(C)c2)cc1. The molecule has 0 aromatic heterocycles. The largest absolute Gasteiger partial charge is 0.463 e. The molecular weight excluding hydrogens is 799 g/mol. The molecule has 0 spiro atoms. The first-order valence-electron chi connectivity index (χ1n) is 25.9. The molecule has 0 N–H and O–H groups in total. The summed E-state index contributed by atoms with van der Waals surface area (Å²) in [5, 5.41) is 0. The summed E-state index contributed by atoms with van der Waals surface area (Å²) >= 11 is 0. The maximum Gasteiger partial charge on any atom is 0.330 e. The van der Waals surface area contributed by atoms with E-state index in [1.54, 1.807) is 12.2 Å². The Labute approximate surface area is 396 Å². The number of ether oxygens (including phenoxy) is 2. The van der Waals surface area contributed by atoms with E-state index >= 15 is 0 Å². The molecule has 3 aromatic carbocycles. The van der Waals surface area contributed by atoms with E-state index in [-0.39, 0.29) is 11.9 Å². The first-order valence-corrected chi connectivity index (χ1v) is 25.9. The lowest BCUT2D eigenvalue weighted by atomic mass is 10.1. The number of rotatable bonds is 37. The first-order chi connectivity index (χ1) is 31.9. The van der Waals surface area contributed by atoms with Crippen LogP contribution in [-0.4, -0.2) is 25.2 Å². The predicted molar refractivity (Wildman–Crippen MR) is 279 cm³/mol. The van der Waals surface area contributed by atoms with Gasteiger partial charge in [-0.1, -0.05) is 145 Å². The highest BCUT2D eigenvalue weighted by molar-refractivity contribution is 5.82. The molecule has 0 bridgehead atoms. The number of aryl methyl sites for hydroxylation is 4. The lowest BCUT2D eigenvalue weighted by Gasteiger charge is -2.26. The van der Waals surface area contributed by atoms with Crippen LogP contribution in [0, 0.1) is 13.8 Å². The number of benzene rings is 3. The van der Waals surface area contributed by atoms with Gasteiger partial charge in [-0.05, 0) is 175 Å². The van der Waals surface area contributed by atoms with Crippen LogP contribution in [0.4, 0.5) is 17.1 Å². The quantitative estimate of drug-likeness (QED) is 0.0250. The maximum atomic E-state index is 12.3. The Morgan fingerprint density at radius 1 is 0.415 bits per heavy atom. The van der Waals surface area contributed by atoms with Crippen molar-refractivity contribution in [1.29, 1.82) is 0 Å². The summed E-state index contributed by atoms with van der Waals surface area (Å²) in [6, 6.07) is 24.1. The molecule has 65 heavy (non-hydrogen) atoms. The van der Waals surface area contributed by atoms with E-state index in [4.69, 9.17) is 9.47 Å². The highest BCUT2D eigenvalue weighted by atomic mass is 16.5. The number of allylic oxidation sites excluding steroid dienone is 6. The minimum atomic E-state index is -0.244. The Morgan fingerprint density at radius 2 is 0.769 bits per heavy atom. The van der Waals surface area contributed by atoms with Crippen LogP contribution < -0.4 is 4.90 Å². The third kappa shape index (κ3) is 26.2. The molecule has 0 aliphatic rings. The molecule has 0 aliphatic carbocycles. The number of esters is 2. The average molecular weight is 886 g/mol. The number of nitrogens with zero attached hydrogens (tertiary/aromatic N) is 1. The van der Waals surface area contributed by atoms with E-state index < -0.39 is 0 Å². The lowest BCUT2D eigenvalue weighted by molar-refractivity contribution is -0.138. The van der Waals surface area contributed by atoms with Gasteiger partial charge in [-0.3, -0.25) is 0 Å². The Morgan fingerprint density at radius 3 is 1.15 bits per heavy atom. The average Bonchev–Trinajstić information content (AvgIpc) is 3.31. The molecule has 356 valence electrons. The molecule has 0 atom stereocenters. The Hall–Kier alpha value is -4.64. The third-order valence-corrected chi connectivity index (χ3v) is 12.1. The topological polar surface area (TPSA) is 55.8 Å². The van der Waals surface area contributed by atoms with Gasteiger partial charge in [0.1, 0.15) is 0 Å². The fourth-order valence-corrected chi connectivity index (χ4v) is 7.89. The van der Waals surface area contributed by atoms with Crippen molar-refractivity contribution < 1.29 is 19.1 Å². The van der Waals surface area contributed by atoms with Gasteiger partial charge in [0, 0.05) is 29.2 Å². The summed E-state index contributed by atoms with van der Waals surface area (Å²) in [4.78, 5) is 26.9. The van der Waals surface area contributed by atoms with Crippen LogP contribution in [-0.2, 0) is 31.9 Å². The van der Waals surface area contributed by atoms with Gasteiger partial charge in [-0.2, -0.15) is 0 Å². The van der Waals surface area contributed by atoms with Crippen molar-refractivity contribution in [3.63, 3.8) is 0 Å². The predicted octanol–water partition coefficient (Wildman–Crippen LogP) is 17.6. The fourth-order valence-electron chi connectivity index (χ4n) is 7.89. The van der Waals surface area contributed by atoms with Gasteiger partial charge in [0.05, 0.1) is 13.2 Å². The molecule has 0 fully saturated rings. The zero-order chi connectivity index (χ0) is 46.4. The second-order valence-electron chi connectivity index (χ2n) is 17.9. The van der Waals surface area contributed by atoms with Crippen LogP contribution in [0.3, 0.4) is 0 Å². The number of carbonyl (C=O) groups is 2. The number of hydrogen-bond acceptors (Lipinski definition) is 5. The summed E-state index contributed by atoms with van der Waals surface area (Å²) in [7, 11) is 0. The van der Waals surface area contributed by atoms with Gasteiger partial charge in [0.2, 0.25) is 0 Å². The molecule has 5 heteroatoms. The molecule has 0 saturated carbocycles. The van der Waals surface area contributed by atoms with Gasteiger partial charge in [-0.25, -0.2) is 9.59 Å². The van der Waals surface area contributed by atoms with Crippen molar-refractivity contribution in [3.05, 3.63) is 138 Å². The zero-order valence-corrected chi connectivity index (χ0v) is 41.3. The standard InChI is InChI=1S/C60H87NO4/c1-5-7-9-11-13-15-17-19-21-23-25-27-29-31-37-59(62)64-49-33-35-54-40-45-56(46-41-54)61(58-44-39-52(3)53(4)51-58)57-47-42-55(43-48-57)36-34-50-65-60(63)38-32-30-28-26-24-22-20-18-16-14-12-10-8-6-2/h13-16,31-32,37-48,51H,5-12,17-30,33-36,49-50H2,1-4H3/b15-13-,16-14-,37-31-,38-32-. The van der Waals surface area contributed by atoms with Crippen molar-refractivity contribution in [3.8, 4) is 0 Å². The second kappa shape index (κ2) is 36.6. The van der Waals surface area contributed by atoms with Gasteiger partial charge < -0.3 is 14.4 Å². The normalized spacial score (nSPS) is 11.8. The van der Waals surface area contributed by atoms with Gasteiger partial charge in [0.25, 0.3) is 0 Å². The highest BCUT2D eigenvalue weighted by Gasteiger charge is 2.14. The van der Waals surface area contributed by atoms with E-state index in [1.165, 1.54) is 138 Å². The fraction of sp³-hybridized carbons (Fsp3) is 0.533. The minimum absolute atomic E-state index is 0.244. The van der Waals surface area contributed by atoms with Crippen molar-refractivity contribution in [2.24, 2.45) is 0 Å². The summed E-state index contributed by atoms with van der Waals surface area (Å²) < 4.78 is 11.0. The smallest absolute Gasteiger partial charge is 0.330 e. The van der Waals surface area contributed by atoms with E-state index in [9.17, 15) is 9.59 Å². The molecule has 0 radical (unpaired) electrons. The minimum Gasteiger partial charge on any atom is -0.463 e. The summed E-state index contributed by atoms with van der Waals surface area (Å²) in [5.41, 5.74) is 8.23. The van der Waals surface area contributed by atoms with E-state index in [1.807, 2.05) is 12.2 Å². The molecule has 5 nitrogen and oxygen atoms in total. The van der Waals surface area contributed by atoms with Crippen LogP contribution >= 0.6 is 0 Å². The lowest BCUT2D eigenvalue weighted by Crippen LogP contribution is -2.10. The number of unbranched alkanes of at least 4 members (excludes halogenated alkanes) is 18. The van der Waals surface area contributed by atoms with Crippen LogP contribution in [0.2, 0.25) is 0 Å². The Kier molecular flexibility index (Phi) is 30.8. The number of hydrogen-bond donors (Lipinski definition) is 0. The first kappa shape index (κ1) is 54.7. The number of anilines is 3. The Balaban J connectivity index is 1.34. The van der Waals surface area contributed by atoms with Crippen molar-refractivity contribution in [2.75, 3.05) is 18.1 Å². The highest BCUT2D eigenvalue weighted by Crippen LogP contribution is 2.36. The molecule has 0 aliphatic heterocycles. The van der Waals surface area contributed by atoms with Crippen LogP contribution in [0.5, 0.6) is 0 Å². The molecule has 0 saturated heterocycles. The van der Waals surface area contributed by atoms with Gasteiger partial charge in [0.15, 0.2) is 0 Å². The molecule has 0 amide bonds. The molecule has 3 aromatic rings. The van der Waals surface area contributed by atoms with Crippen LogP contribution in [0.15, 0.2) is 115 Å². The molecule has 3 rings (SSSR count). The van der Waals surface area contributed by atoms with Crippen molar-refractivity contribution in [1.82, 2.24) is 0 Å². The van der Waals surface area contributed by atoms with Crippen LogP contribution in [0.1, 0.15) is 190 Å². The third-order valence-electron chi connectivity index (χ3n) is 12.1. The van der Waals surface area contributed by atoms with Gasteiger partial charge >= 0.3 is 11.9 Å². The second-order valence-corrected chi connectivity index (χ2v) is 17.9. The maximum absolute atomic E-state index is 12.3. The summed E-state index contributed by atoms with van der Waals surface area (Å²) in [5.74, 6) is -0.488. The zero-order valence-electron chi connectivity index (χ0n) is 41.3. The number of carbonyl (C=O) groups excluding carboxylic acids is 2. The Bertz CT molecular complexity index is 1690. The van der Waals surface area contributed by atoms with E-state index in [0.29, 0.717) is 13.2 Å². The van der Waals surface area contributed by atoms with Crippen LogP contribution in [0.25, 0.3) is 0 Å². The molecule has 0 heterocycles. The van der Waals surface area contributed by atoms with E-state index in [2.05, 4.69) is 124 Å². The van der Waals surface area contributed by atoms with Crippen molar-refractivity contribution >= 4 is 29.0 Å². The van der Waals surface area contributed by atoms with E-state index in [0.717, 1.165) is 68.4 Å². The van der Waals surface area contributed by atoms with Crippen molar-refractivity contribution in [2.45, 2.75) is 195 Å². The summed E-state index contributed by atoms with van der Waals surface area (Å²) in [6.07, 6.45) is 46.7. The summed E-state index contributed by atoms with van der Waals surface area (Å²) in [6.45, 7) is 9.63. The molecule has 0 unspecified atom stereocenters. The monoisotopic (exact) mass is 886 g/mol. The van der Waals surface area contributed by atoms with Gasteiger partial charge in [-0.15, -0.1) is 0 Å².